The van der Waals surface area contributed by atoms with Crippen LogP contribution in [0.3, 0.4) is 0 Å². The van der Waals surface area contributed by atoms with Gasteiger partial charge in [0, 0.05) is 5.39 Å². The van der Waals surface area contributed by atoms with E-state index in [1.165, 1.54) is 12.5 Å². The maximum absolute atomic E-state index is 12.3. The van der Waals surface area contributed by atoms with Crippen LogP contribution in [0.5, 0.6) is 0 Å². The Balaban J connectivity index is 1.93. The monoisotopic (exact) mass is 300 g/mol. The normalized spacial score (nSPS) is 12.0. The average Bonchev–Trinajstić information content (AvgIpc) is 3.00. The first-order valence-corrected chi connectivity index (χ1v) is 7.71. The van der Waals surface area contributed by atoms with Gasteiger partial charge in [-0.05, 0) is 23.6 Å². The zero-order valence-corrected chi connectivity index (χ0v) is 11.7. The van der Waals surface area contributed by atoms with E-state index in [1.807, 2.05) is 18.2 Å². The van der Waals surface area contributed by atoms with E-state index in [2.05, 4.69) is 9.93 Å². The molecule has 0 unspecified atom stereocenters. The van der Waals surface area contributed by atoms with E-state index in [4.69, 9.17) is 4.42 Å². The summed E-state index contributed by atoms with van der Waals surface area (Å²) in [6.07, 6.45) is 2.79. The van der Waals surface area contributed by atoms with Gasteiger partial charge in [-0.2, -0.15) is 18.4 Å². The van der Waals surface area contributed by atoms with Crippen molar-refractivity contribution in [2.45, 2.75) is 4.90 Å². The van der Waals surface area contributed by atoms with Crippen LogP contribution in [0.25, 0.3) is 10.8 Å². The Morgan fingerprint density at radius 3 is 2.62 bits per heavy atom. The molecule has 0 saturated carbocycles. The van der Waals surface area contributed by atoms with Crippen molar-refractivity contribution in [3.05, 3.63) is 66.6 Å². The first kappa shape index (κ1) is 13.4. The minimum absolute atomic E-state index is 0.192. The van der Waals surface area contributed by atoms with Gasteiger partial charge in [-0.3, -0.25) is 0 Å². The average molecular weight is 300 g/mol. The predicted octanol–water partition coefficient (Wildman–Crippen LogP) is 2.75. The zero-order valence-electron chi connectivity index (χ0n) is 10.9. The van der Waals surface area contributed by atoms with Crippen LogP contribution >= 0.6 is 0 Å². The Kier molecular flexibility index (Phi) is 3.45. The highest BCUT2D eigenvalue weighted by Crippen LogP contribution is 2.22. The summed E-state index contributed by atoms with van der Waals surface area (Å²) in [4.78, 5) is 2.38. The van der Waals surface area contributed by atoms with Gasteiger partial charge in [0.05, 0.1) is 17.4 Å². The van der Waals surface area contributed by atoms with Crippen LogP contribution in [-0.4, -0.2) is 14.6 Å². The number of nitrogens with one attached hydrogen (secondary N) is 1. The predicted molar refractivity (Wildman–Crippen MR) is 80.6 cm³/mol. The number of fused-ring (bicyclic) bond motifs is 1. The van der Waals surface area contributed by atoms with Gasteiger partial charge in [-0.15, -0.1) is 0 Å². The molecule has 3 rings (SSSR count). The van der Waals surface area contributed by atoms with Crippen molar-refractivity contribution >= 4 is 27.0 Å². The molecule has 0 aliphatic heterocycles. The lowest BCUT2D eigenvalue weighted by molar-refractivity contribution is 0.559. The molecule has 21 heavy (non-hydrogen) atoms. The van der Waals surface area contributed by atoms with Crippen molar-refractivity contribution in [1.82, 2.24) is 4.83 Å². The maximum atomic E-state index is 12.3. The molecule has 1 heterocycles. The molecule has 1 N–H and O–H groups in total. The Morgan fingerprint density at radius 1 is 1.00 bits per heavy atom. The van der Waals surface area contributed by atoms with Crippen molar-refractivity contribution in [2.24, 2.45) is 5.10 Å². The van der Waals surface area contributed by atoms with E-state index in [-0.39, 0.29) is 4.90 Å². The van der Waals surface area contributed by atoms with Crippen molar-refractivity contribution in [3.8, 4) is 0 Å². The first-order valence-electron chi connectivity index (χ1n) is 6.23. The number of sulfonamides is 1. The fourth-order valence-corrected chi connectivity index (χ4v) is 3.03. The Hall–Kier alpha value is -2.60. The summed E-state index contributed by atoms with van der Waals surface area (Å²) in [6, 6.07) is 15.8. The van der Waals surface area contributed by atoms with Crippen LogP contribution in [-0.2, 0) is 10.0 Å². The fraction of sp³-hybridized carbons (Fsp3) is 0. The third kappa shape index (κ3) is 2.80. The molecule has 0 amide bonds. The minimum atomic E-state index is -3.73. The molecule has 0 bridgehead atoms. The highest BCUT2D eigenvalue weighted by molar-refractivity contribution is 7.89. The topological polar surface area (TPSA) is 71.7 Å². The Bertz CT molecular complexity index is 879. The molecular weight excluding hydrogens is 288 g/mol. The lowest BCUT2D eigenvalue weighted by atomic mass is 10.1. The molecule has 0 aliphatic rings. The molecule has 106 valence electrons. The van der Waals surface area contributed by atoms with Crippen LogP contribution in [0.15, 0.2) is 75.3 Å². The van der Waals surface area contributed by atoms with Crippen molar-refractivity contribution in [3.63, 3.8) is 0 Å². The largest absolute Gasteiger partial charge is 0.463 e. The van der Waals surface area contributed by atoms with E-state index < -0.39 is 10.0 Å². The Morgan fingerprint density at radius 2 is 1.81 bits per heavy atom. The summed E-state index contributed by atoms with van der Waals surface area (Å²) in [5.41, 5.74) is 0. The lowest BCUT2D eigenvalue weighted by Gasteiger charge is -2.06. The van der Waals surface area contributed by atoms with E-state index >= 15 is 0 Å². The molecule has 3 aromatic rings. The number of hydrogen-bond acceptors (Lipinski definition) is 4. The molecule has 0 aliphatic carbocycles. The van der Waals surface area contributed by atoms with Crippen LogP contribution in [0.4, 0.5) is 0 Å². The second kappa shape index (κ2) is 5.41. The summed E-state index contributed by atoms with van der Waals surface area (Å²) in [7, 11) is -3.73. The van der Waals surface area contributed by atoms with Crippen LogP contribution in [0.1, 0.15) is 5.76 Å². The smallest absolute Gasteiger partial charge is 0.277 e. The number of nitrogens with zero attached hydrogens (tertiary/aromatic N) is 1. The molecule has 5 nitrogen and oxygen atoms in total. The van der Waals surface area contributed by atoms with E-state index in [0.29, 0.717) is 11.1 Å². The SMILES string of the molecule is O=S(=O)(NN=Cc1ccco1)c1cccc2ccccc12. The van der Waals surface area contributed by atoms with Crippen LogP contribution in [0.2, 0.25) is 0 Å². The van der Waals surface area contributed by atoms with Crippen LogP contribution < -0.4 is 4.83 Å². The highest BCUT2D eigenvalue weighted by Gasteiger charge is 2.15. The molecule has 0 spiro atoms. The number of benzene rings is 2. The van der Waals surface area contributed by atoms with Crippen molar-refractivity contribution in [1.29, 1.82) is 0 Å². The summed E-state index contributed by atoms with van der Waals surface area (Å²) in [5.74, 6) is 0.468. The van der Waals surface area contributed by atoms with Gasteiger partial charge in [-0.25, -0.2) is 0 Å². The van der Waals surface area contributed by atoms with Gasteiger partial charge in [-0.1, -0.05) is 36.4 Å². The van der Waals surface area contributed by atoms with Crippen molar-refractivity contribution in [2.75, 3.05) is 0 Å². The summed E-state index contributed by atoms with van der Waals surface area (Å²) in [5, 5.41) is 5.22. The van der Waals surface area contributed by atoms with Crippen molar-refractivity contribution < 1.29 is 12.8 Å². The van der Waals surface area contributed by atoms with Gasteiger partial charge < -0.3 is 4.42 Å². The Labute approximate surface area is 122 Å². The van der Waals surface area contributed by atoms with E-state index in [0.717, 1.165) is 5.39 Å². The number of furan rings is 1. The second-order valence-electron chi connectivity index (χ2n) is 4.35. The van der Waals surface area contributed by atoms with Gasteiger partial charge in [0.15, 0.2) is 0 Å². The molecule has 0 fully saturated rings. The highest BCUT2D eigenvalue weighted by atomic mass is 32.2. The molecule has 6 heteroatoms. The van der Waals surface area contributed by atoms with Crippen LogP contribution in [0, 0.1) is 0 Å². The first-order chi connectivity index (χ1) is 10.2. The fourth-order valence-electron chi connectivity index (χ4n) is 2.00. The molecule has 0 atom stereocenters. The van der Waals surface area contributed by atoms with Gasteiger partial charge in [0.1, 0.15) is 5.76 Å². The minimum Gasteiger partial charge on any atom is -0.463 e. The molecule has 0 saturated heterocycles. The lowest BCUT2D eigenvalue weighted by Crippen LogP contribution is -2.18. The molecular formula is C15H12N2O3S. The number of hydrogen-bond donors (Lipinski definition) is 1. The van der Waals surface area contributed by atoms with E-state index in [9.17, 15) is 8.42 Å². The maximum Gasteiger partial charge on any atom is 0.277 e. The standard InChI is InChI=1S/C15H12N2O3S/c18-21(19,17-16-11-13-7-4-10-20-13)15-9-3-6-12-5-1-2-8-14(12)15/h1-11,17H. The summed E-state index contributed by atoms with van der Waals surface area (Å²) < 4.78 is 29.7. The second-order valence-corrected chi connectivity index (χ2v) is 5.97. The molecule has 0 radical (unpaired) electrons. The quantitative estimate of drug-likeness (QED) is 0.595. The third-order valence-electron chi connectivity index (χ3n) is 2.95. The number of rotatable bonds is 4. The third-order valence-corrected chi connectivity index (χ3v) is 4.23. The number of hydrazone groups is 1. The zero-order chi connectivity index (χ0) is 14.7. The van der Waals surface area contributed by atoms with Gasteiger partial charge >= 0.3 is 0 Å². The summed E-state index contributed by atoms with van der Waals surface area (Å²) in [6.45, 7) is 0. The van der Waals surface area contributed by atoms with E-state index in [1.54, 1.807) is 36.4 Å². The van der Waals surface area contributed by atoms with Gasteiger partial charge in [0.25, 0.3) is 10.0 Å². The van der Waals surface area contributed by atoms with Gasteiger partial charge in [0.2, 0.25) is 0 Å². The molecule has 1 aromatic heterocycles. The summed E-state index contributed by atoms with van der Waals surface area (Å²) >= 11 is 0. The molecule has 2 aromatic carbocycles.